The summed E-state index contributed by atoms with van der Waals surface area (Å²) in [4.78, 5) is 21.9. The highest BCUT2D eigenvalue weighted by Gasteiger charge is 2.27. The number of esters is 1. The van der Waals surface area contributed by atoms with Gasteiger partial charge in [-0.3, -0.25) is 9.59 Å². The van der Waals surface area contributed by atoms with Gasteiger partial charge in [-0.25, -0.2) is 0 Å². The maximum atomic E-state index is 11.6. The third-order valence-corrected chi connectivity index (χ3v) is 2.85. The Morgan fingerprint density at radius 2 is 1.84 bits per heavy atom. The number of carbonyl (C=O) groups is 2. The minimum Gasteiger partial charge on any atom is -0.481 e. The number of unbranched alkanes of at least 4 members (excludes halogenated alkanes) is 3. The van der Waals surface area contributed by atoms with E-state index >= 15 is 0 Å². The normalized spacial score (nSPS) is 13.3. The van der Waals surface area contributed by atoms with Crippen LogP contribution in [0, 0.1) is 11.3 Å². The first kappa shape index (κ1) is 17.4. The molecule has 0 aliphatic rings. The average Bonchev–Trinajstić information content (AvgIpc) is 2.35. The van der Waals surface area contributed by atoms with Crippen LogP contribution in [0.2, 0.25) is 0 Å². The molecular formula is C14H23NO4. The van der Waals surface area contributed by atoms with Crippen molar-refractivity contribution in [3.63, 3.8) is 0 Å². The van der Waals surface area contributed by atoms with E-state index in [1.165, 1.54) is 0 Å². The highest BCUT2D eigenvalue weighted by atomic mass is 16.6. The summed E-state index contributed by atoms with van der Waals surface area (Å²) in [5.74, 6) is -1.29. The van der Waals surface area contributed by atoms with E-state index in [9.17, 15) is 9.59 Å². The van der Waals surface area contributed by atoms with Crippen LogP contribution in [0.1, 0.15) is 65.2 Å². The predicted molar refractivity (Wildman–Crippen MR) is 70.4 cm³/mol. The van der Waals surface area contributed by atoms with Crippen LogP contribution < -0.4 is 0 Å². The molecule has 0 bridgehead atoms. The van der Waals surface area contributed by atoms with Crippen LogP contribution in [0.3, 0.4) is 0 Å². The molecule has 0 fully saturated rings. The highest BCUT2D eigenvalue weighted by molar-refractivity contribution is 5.70. The van der Waals surface area contributed by atoms with E-state index in [2.05, 4.69) is 6.92 Å². The summed E-state index contributed by atoms with van der Waals surface area (Å²) in [5, 5.41) is 17.5. The molecule has 0 saturated heterocycles. The molecular weight excluding hydrogens is 246 g/mol. The number of aliphatic carboxylic acids is 1. The van der Waals surface area contributed by atoms with Crippen LogP contribution in [0.4, 0.5) is 0 Å². The molecule has 0 rings (SSSR count). The lowest BCUT2D eigenvalue weighted by atomic mass is 10.00. The molecule has 108 valence electrons. The largest absolute Gasteiger partial charge is 0.481 e. The lowest BCUT2D eigenvalue weighted by molar-refractivity contribution is -0.154. The lowest BCUT2D eigenvalue weighted by Gasteiger charge is -2.22. The fourth-order valence-corrected chi connectivity index (χ4v) is 1.69. The van der Waals surface area contributed by atoms with Gasteiger partial charge in [-0.1, -0.05) is 19.8 Å². The van der Waals surface area contributed by atoms with Gasteiger partial charge in [-0.15, -0.1) is 0 Å². The number of ether oxygens (including phenoxy) is 1. The summed E-state index contributed by atoms with van der Waals surface area (Å²) in [6.45, 7) is 3.69. The Morgan fingerprint density at radius 1 is 1.21 bits per heavy atom. The minimum atomic E-state index is -1.06. The van der Waals surface area contributed by atoms with E-state index in [1.807, 2.05) is 6.07 Å². The van der Waals surface area contributed by atoms with Gasteiger partial charge in [0.1, 0.15) is 6.07 Å². The minimum absolute atomic E-state index is 0.0549. The van der Waals surface area contributed by atoms with E-state index in [0.717, 1.165) is 19.3 Å². The van der Waals surface area contributed by atoms with Crippen LogP contribution >= 0.6 is 0 Å². The topological polar surface area (TPSA) is 87.4 Å². The zero-order valence-corrected chi connectivity index (χ0v) is 11.8. The van der Waals surface area contributed by atoms with Gasteiger partial charge in [0, 0.05) is 19.3 Å². The molecule has 1 N–H and O–H groups in total. The first-order valence-corrected chi connectivity index (χ1v) is 6.78. The van der Waals surface area contributed by atoms with Crippen molar-refractivity contribution in [1.82, 2.24) is 0 Å². The molecule has 0 aromatic carbocycles. The molecule has 19 heavy (non-hydrogen) atoms. The number of hydrogen-bond acceptors (Lipinski definition) is 4. The Labute approximate surface area is 114 Å². The maximum Gasteiger partial charge on any atom is 0.307 e. The van der Waals surface area contributed by atoms with Gasteiger partial charge in [0.2, 0.25) is 0 Å². The van der Waals surface area contributed by atoms with Gasteiger partial charge >= 0.3 is 11.9 Å². The Hall–Kier alpha value is -1.57. The zero-order valence-electron chi connectivity index (χ0n) is 11.8. The number of hydrogen-bond donors (Lipinski definition) is 1. The van der Waals surface area contributed by atoms with Crippen molar-refractivity contribution < 1.29 is 19.4 Å². The molecule has 0 aliphatic carbocycles. The molecule has 1 atom stereocenters. The van der Waals surface area contributed by atoms with E-state index in [1.54, 1.807) is 6.92 Å². The number of carbonyl (C=O) groups excluding carboxylic acids is 1. The van der Waals surface area contributed by atoms with Crippen LogP contribution in [-0.4, -0.2) is 22.6 Å². The zero-order chi connectivity index (χ0) is 14.7. The van der Waals surface area contributed by atoms with Crippen molar-refractivity contribution in [2.24, 2.45) is 0 Å². The second-order valence-electron chi connectivity index (χ2n) is 4.87. The lowest BCUT2D eigenvalue weighted by Crippen LogP contribution is -2.29. The van der Waals surface area contributed by atoms with E-state index in [0.29, 0.717) is 19.3 Å². The van der Waals surface area contributed by atoms with E-state index in [-0.39, 0.29) is 12.8 Å². The summed E-state index contributed by atoms with van der Waals surface area (Å²) in [5.41, 5.74) is -1.06. The van der Waals surface area contributed by atoms with Crippen molar-refractivity contribution in [3.05, 3.63) is 0 Å². The van der Waals surface area contributed by atoms with Crippen LogP contribution in [-0.2, 0) is 14.3 Å². The summed E-state index contributed by atoms with van der Waals surface area (Å²) in [6.07, 6.45) is 4.59. The maximum absolute atomic E-state index is 11.6. The molecule has 0 saturated carbocycles. The van der Waals surface area contributed by atoms with E-state index < -0.39 is 17.5 Å². The van der Waals surface area contributed by atoms with Crippen molar-refractivity contribution in [2.75, 3.05) is 0 Å². The third kappa shape index (κ3) is 9.06. The van der Waals surface area contributed by atoms with Gasteiger partial charge in [0.25, 0.3) is 0 Å². The number of rotatable bonds is 10. The molecule has 1 unspecified atom stereocenters. The molecule has 0 aliphatic heterocycles. The first-order chi connectivity index (χ1) is 8.93. The number of nitrogens with zero attached hydrogens (tertiary/aromatic N) is 1. The highest BCUT2D eigenvalue weighted by Crippen LogP contribution is 2.20. The second kappa shape index (κ2) is 9.37. The number of carboxylic acid groups (broad SMARTS) is 1. The smallest absolute Gasteiger partial charge is 0.307 e. The first-order valence-electron chi connectivity index (χ1n) is 6.78. The van der Waals surface area contributed by atoms with Gasteiger partial charge in [-0.05, 0) is 26.2 Å². The summed E-state index contributed by atoms with van der Waals surface area (Å²) in [7, 11) is 0. The van der Waals surface area contributed by atoms with Gasteiger partial charge in [0.05, 0.1) is 0 Å². The molecule has 5 heteroatoms. The predicted octanol–water partition coefficient (Wildman–Crippen LogP) is 3.04. The summed E-state index contributed by atoms with van der Waals surface area (Å²) in [6, 6.07) is 2.04. The van der Waals surface area contributed by atoms with Gasteiger partial charge in [0.15, 0.2) is 5.60 Å². The molecule has 0 aromatic rings. The number of carboxylic acids is 1. The van der Waals surface area contributed by atoms with Crippen molar-refractivity contribution in [1.29, 1.82) is 5.26 Å². The Morgan fingerprint density at radius 3 is 2.37 bits per heavy atom. The quantitative estimate of drug-likeness (QED) is 0.486. The van der Waals surface area contributed by atoms with Crippen LogP contribution in [0.25, 0.3) is 0 Å². The van der Waals surface area contributed by atoms with Crippen LogP contribution in [0.15, 0.2) is 0 Å². The fourth-order valence-electron chi connectivity index (χ4n) is 1.69. The van der Waals surface area contributed by atoms with Gasteiger partial charge in [-0.2, -0.15) is 5.26 Å². The monoisotopic (exact) mass is 269 g/mol. The molecule has 0 radical (unpaired) electrons. The molecule has 0 amide bonds. The summed E-state index contributed by atoms with van der Waals surface area (Å²) < 4.78 is 5.19. The third-order valence-electron chi connectivity index (χ3n) is 2.85. The molecule has 0 spiro atoms. The average molecular weight is 269 g/mol. The molecule has 0 aromatic heterocycles. The number of nitriles is 1. The van der Waals surface area contributed by atoms with Crippen molar-refractivity contribution in [2.45, 2.75) is 70.8 Å². The summed E-state index contributed by atoms with van der Waals surface area (Å²) >= 11 is 0. The van der Waals surface area contributed by atoms with Gasteiger partial charge < -0.3 is 9.84 Å². The Bertz CT molecular complexity index is 335. The van der Waals surface area contributed by atoms with Crippen LogP contribution in [0.5, 0.6) is 0 Å². The van der Waals surface area contributed by atoms with E-state index in [4.69, 9.17) is 15.1 Å². The Balaban J connectivity index is 3.98. The molecule has 5 nitrogen and oxygen atoms in total. The fraction of sp³-hybridized carbons (Fsp3) is 0.786. The van der Waals surface area contributed by atoms with Crippen molar-refractivity contribution >= 4 is 11.9 Å². The standard InChI is InChI=1S/C14H23NO4/c1-3-4-7-10-14(2,11-15)19-13(18)9-6-5-8-12(16)17/h3-10H2,1-2H3,(H,16,17). The molecule has 0 heterocycles. The SMILES string of the molecule is CCCCCC(C)(C#N)OC(=O)CCCCC(=O)O. The second-order valence-corrected chi connectivity index (χ2v) is 4.87. The van der Waals surface area contributed by atoms with Crippen molar-refractivity contribution in [3.8, 4) is 6.07 Å². The Kier molecular flexibility index (Phi) is 8.60.